The van der Waals surface area contributed by atoms with E-state index in [1.54, 1.807) is 0 Å². The Morgan fingerprint density at radius 2 is 0.966 bits per heavy atom. The lowest BCUT2D eigenvalue weighted by Crippen LogP contribution is -2.59. The Labute approximate surface area is 352 Å². The molecule has 1 heterocycles. The van der Waals surface area contributed by atoms with E-state index in [0.29, 0.717) is 6.42 Å². The summed E-state index contributed by atoms with van der Waals surface area (Å²) in [6.45, 7) is 3.37. The molecule has 0 bridgehead atoms. The molecule has 10 nitrogen and oxygen atoms in total. The van der Waals surface area contributed by atoms with Gasteiger partial charge in [0.15, 0.2) is 12.4 Å². The van der Waals surface area contributed by atoms with Crippen LogP contribution in [0.5, 0.6) is 0 Å². The van der Waals surface area contributed by atoms with Crippen molar-refractivity contribution in [3.8, 4) is 0 Å². The number of hydrogen-bond donors (Lipinski definition) is 4. The molecule has 1 fully saturated rings. The van der Waals surface area contributed by atoms with Crippen molar-refractivity contribution in [3.05, 3.63) is 48.6 Å². The van der Waals surface area contributed by atoms with E-state index in [-0.39, 0.29) is 32.0 Å². The van der Waals surface area contributed by atoms with Gasteiger partial charge >= 0.3 is 11.9 Å². The average molecular weight is 821 g/mol. The van der Waals surface area contributed by atoms with Gasteiger partial charge in [-0.15, -0.1) is 0 Å². The molecule has 10 heteroatoms. The Morgan fingerprint density at radius 3 is 1.48 bits per heavy atom. The summed E-state index contributed by atoms with van der Waals surface area (Å²) in [6.07, 6.45) is 38.2. The van der Waals surface area contributed by atoms with Gasteiger partial charge in [0.1, 0.15) is 31.0 Å². The molecule has 1 rings (SSSR count). The van der Waals surface area contributed by atoms with Crippen LogP contribution in [0.1, 0.15) is 187 Å². The van der Waals surface area contributed by atoms with Gasteiger partial charge in [0, 0.05) is 12.8 Å². The maximum atomic E-state index is 12.8. The van der Waals surface area contributed by atoms with Gasteiger partial charge in [0.05, 0.1) is 13.2 Å². The van der Waals surface area contributed by atoms with Crippen LogP contribution in [-0.4, -0.2) is 89.0 Å². The SMILES string of the molecule is CCCCC/C=C/C/C=C/C/C=C/C/C=C/CCCCCC(=O)O[C@H](COC(=O)CCCCCCCCCCCCCCCC)CO[C@@H]1O[C@H](CO)[C@H](O)C(O)C1O. The van der Waals surface area contributed by atoms with Gasteiger partial charge in [0.25, 0.3) is 0 Å². The smallest absolute Gasteiger partial charge is 0.306 e. The van der Waals surface area contributed by atoms with E-state index in [1.807, 2.05) is 0 Å². The second kappa shape index (κ2) is 38.8. The summed E-state index contributed by atoms with van der Waals surface area (Å²) in [4.78, 5) is 25.3. The van der Waals surface area contributed by atoms with Crippen molar-refractivity contribution in [3.63, 3.8) is 0 Å². The van der Waals surface area contributed by atoms with Crippen molar-refractivity contribution in [2.24, 2.45) is 0 Å². The number of allylic oxidation sites excluding steroid dienone is 8. The second-order valence-electron chi connectivity index (χ2n) is 15.9. The molecule has 336 valence electrons. The highest BCUT2D eigenvalue weighted by molar-refractivity contribution is 5.70. The van der Waals surface area contributed by atoms with Crippen LogP contribution >= 0.6 is 0 Å². The topological polar surface area (TPSA) is 152 Å². The third-order valence-corrected chi connectivity index (χ3v) is 10.5. The highest BCUT2D eigenvalue weighted by Crippen LogP contribution is 2.22. The Morgan fingerprint density at radius 1 is 0.534 bits per heavy atom. The van der Waals surface area contributed by atoms with E-state index >= 15 is 0 Å². The molecule has 0 aliphatic carbocycles. The Kier molecular flexibility index (Phi) is 35.9. The van der Waals surface area contributed by atoms with Crippen molar-refractivity contribution < 1.29 is 49.0 Å². The first-order valence-electron chi connectivity index (χ1n) is 23.2. The maximum Gasteiger partial charge on any atom is 0.306 e. The first-order chi connectivity index (χ1) is 28.3. The van der Waals surface area contributed by atoms with Gasteiger partial charge in [-0.05, 0) is 57.8 Å². The van der Waals surface area contributed by atoms with Gasteiger partial charge in [0.2, 0.25) is 0 Å². The molecule has 0 aromatic rings. The lowest BCUT2D eigenvalue weighted by atomic mass is 9.99. The van der Waals surface area contributed by atoms with Gasteiger partial charge < -0.3 is 39.4 Å². The third kappa shape index (κ3) is 29.8. The number of hydrogen-bond acceptors (Lipinski definition) is 10. The Hall–Kier alpha value is -2.34. The maximum absolute atomic E-state index is 12.8. The molecule has 0 saturated carbocycles. The zero-order chi connectivity index (χ0) is 42.3. The molecule has 2 unspecified atom stereocenters. The number of ether oxygens (including phenoxy) is 4. The van der Waals surface area contributed by atoms with Crippen LogP contribution in [0.15, 0.2) is 48.6 Å². The fraction of sp³-hybridized carbons (Fsp3) is 0.792. The average Bonchev–Trinajstić information content (AvgIpc) is 3.22. The molecule has 4 N–H and O–H groups in total. The molecule has 0 spiro atoms. The fourth-order valence-electron chi connectivity index (χ4n) is 6.76. The van der Waals surface area contributed by atoms with E-state index in [4.69, 9.17) is 18.9 Å². The summed E-state index contributed by atoms with van der Waals surface area (Å²) in [5, 5.41) is 40.1. The van der Waals surface area contributed by atoms with Crippen molar-refractivity contribution in [1.82, 2.24) is 0 Å². The number of carbonyl (C=O) groups is 2. The van der Waals surface area contributed by atoms with Crippen molar-refractivity contribution in [1.29, 1.82) is 0 Å². The fourth-order valence-corrected chi connectivity index (χ4v) is 6.76. The van der Waals surface area contributed by atoms with Crippen LogP contribution in [0.2, 0.25) is 0 Å². The predicted octanol–water partition coefficient (Wildman–Crippen LogP) is 10.1. The molecule has 6 atom stereocenters. The van der Waals surface area contributed by atoms with Gasteiger partial charge in [-0.1, -0.05) is 165 Å². The molecule has 1 saturated heterocycles. The summed E-state index contributed by atoms with van der Waals surface area (Å²) in [6, 6.07) is 0. The first-order valence-corrected chi connectivity index (χ1v) is 23.2. The number of aliphatic hydroxyl groups excluding tert-OH is 4. The summed E-state index contributed by atoms with van der Waals surface area (Å²) in [5.41, 5.74) is 0. The quantitative estimate of drug-likeness (QED) is 0.0269. The van der Waals surface area contributed by atoms with Crippen LogP contribution in [0.25, 0.3) is 0 Å². The molecule has 1 aliphatic heterocycles. The number of rotatable bonds is 38. The Balaban J connectivity index is 2.35. The molecule has 0 amide bonds. The lowest BCUT2D eigenvalue weighted by Gasteiger charge is -2.39. The standard InChI is InChI=1S/C48H84O10/c1-3-5-7-9-11-13-15-17-19-20-21-22-23-25-27-29-31-33-35-37-44(51)57-41(40-56-48-47(54)46(53)45(52)42(38-49)58-48)39-55-43(50)36-34-32-30-28-26-24-18-16-14-12-10-8-6-4-2/h11,13,17,19,21-22,25,27,41-42,45-49,52-54H,3-10,12,14-16,18,20,23-24,26,28-40H2,1-2H3/b13-11+,19-17+,22-21+,27-25+/t41-,42-,45+,46?,47?,48-/m1/s1. The third-order valence-electron chi connectivity index (χ3n) is 10.5. The minimum absolute atomic E-state index is 0.193. The van der Waals surface area contributed by atoms with Gasteiger partial charge in [-0.3, -0.25) is 9.59 Å². The Bertz CT molecular complexity index is 1090. The number of aliphatic hydroxyl groups is 4. The molecule has 1 aliphatic rings. The molecule has 58 heavy (non-hydrogen) atoms. The van der Waals surface area contributed by atoms with E-state index in [1.165, 1.54) is 96.3 Å². The molecular formula is C48H84O10. The van der Waals surface area contributed by atoms with E-state index in [0.717, 1.165) is 57.8 Å². The molecule has 0 aromatic heterocycles. The summed E-state index contributed by atoms with van der Waals surface area (Å²) >= 11 is 0. The van der Waals surface area contributed by atoms with Crippen LogP contribution in [0.4, 0.5) is 0 Å². The summed E-state index contributed by atoms with van der Waals surface area (Å²) < 4.78 is 22.1. The summed E-state index contributed by atoms with van der Waals surface area (Å²) in [5.74, 6) is -0.840. The van der Waals surface area contributed by atoms with Gasteiger partial charge in [-0.25, -0.2) is 0 Å². The van der Waals surface area contributed by atoms with E-state index in [2.05, 4.69) is 62.5 Å². The lowest BCUT2D eigenvalue weighted by molar-refractivity contribution is -0.305. The predicted molar refractivity (Wildman–Crippen MR) is 233 cm³/mol. The second-order valence-corrected chi connectivity index (χ2v) is 15.9. The number of carbonyl (C=O) groups excluding carboxylic acids is 2. The van der Waals surface area contributed by atoms with Crippen molar-refractivity contribution >= 4 is 11.9 Å². The number of unbranched alkanes of at least 4 members (excludes halogenated alkanes) is 19. The highest BCUT2D eigenvalue weighted by Gasteiger charge is 2.44. The van der Waals surface area contributed by atoms with Crippen molar-refractivity contribution in [2.45, 2.75) is 224 Å². The number of esters is 2. The normalized spacial score (nSPS) is 20.6. The highest BCUT2D eigenvalue weighted by atomic mass is 16.7. The van der Waals surface area contributed by atoms with Crippen LogP contribution < -0.4 is 0 Å². The molecular weight excluding hydrogens is 737 g/mol. The molecule has 0 radical (unpaired) electrons. The summed E-state index contributed by atoms with van der Waals surface area (Å²) in [7, 11) is 0. The minimum Gasteiger partial charge on any atom is -0.462 e. The minimum atomic E-state index is -1.60. The van der Waals surface area contributed by atoms with Crippen LogP contribution in [-0.2, 0) is 28.5 Å². The molecule has 0 aromatic carbocycles. The van der Waals surface area contributed by atoms with E-state index in [9.17, 15) is 30.0 Å². The zero-order valence-corrected chi connectivity index (χ0v) is 36.5. The largest absolute Gasteiger partial charge is 0.462 e. The van der Waals surface area contributed by atoms with Crippen LogP contribution in [0.3, 0.4) is 0 Å². The first kappa shape index (κ1) is 53.7. The monoisotopic (exact) mass is 821 g/mol. The van der Waals surface area contributed by atoms with Crippen LogP contribution in [0, 0.1) is 0 Å². The van der Waals surface area contributed by atoms with Crippen molar-refractivity contribution in [2.75, 3.05) is 19.8 Å². The zero-order valence-electron chi connectivity index (χ0n) is 36.5. The van der Waals surface area contributed by atoms with Gasteiger partial charge in [-0.2, -0.15) is 0 Å². The van der Waals surface area contributed by atoms with E-state index < -0.39 is 49.4 Å².